The predicted octanol–water partition coefficient (Wildman–Crippen LogP) is 2.42. The van der Waals surface area contributed by atoms with E-state index in [-0.39, 0.29) is 23.2 Å². The van der Waals surface area contributed by atoms with Crippen molar-refractivity contribution in [1.82, 2.24) is 5.32 Å². The average Bonchev–Trinajstić information content (AvgIpc) is 2.44. The zero-order chi connectivity index (χ0) is 15.0. The zero-order valence-corrected chi connectivity index (χ0v) is 13.0. The van der Waals surface area contributed by atoms with E-state index in [2.05, 4.69) is 5.32 Å². The highest BCUT2D eigenvalue weighted by molar-refractivity contribution is 7.91. The van der Waals surface area contributed by atoms with Crippen molar-refractivity contribution in [3.8, 4) is 0 Å². The third-order valence-corrected chi connectivity index (χ3v) is 5.16. The topological polar surface area (TPSA) is 46.2 Å². The summed E-state index contributed by atoms with van der Waals surface area (Å²) in [6, 6.07) is 6.69. The molecule has 0 bridgehead atoms. The summed E-state index contributed by atoms with van der Waals surface area (Å²) in [4.78, 5) is 0. The summed E-state index contributed by atoms with van der Waals surface area (Å²) < 4.78 is 36.9. The molecule has 3 nitrogen and oxygen atoms in total. The van der Waals surface area contributed by atoms with Crippen LogP contribution in [0.1, 0.15) is 25.8 Å². The standard InChI is InChI=1S/C15H24FNO2S/c1-3-17-12-13(9-10-20(18,19)4-2)11-14-7-5-6-8-15(14)16/h5-8,13,17H,3-4,9-12H2,1-2H3. The summed E-state index contributed by atoms with van der Waals surface area (Å²) in [5.74, 6) is 0.259. The molecule has 0 spiro atoms. The first-order valence-electron chi connectivity index (χ1n) is 7.13. The minimum absolute atomic E-state index is 0.133. The summed E-state index contributed by atoms with van der Waals surface area (Å²) in [5.41, 5.74) is 0.657. The van der Waals surface area contributed by atoms with E-state index in [0.29, 0.717) is 24.9 Å². The Morgan fingerprint density at radius 1 is 1.25 bits per heavy atom. The van der Waals surface area contributed by atoms with Crippen molar-refractivity contribution >= 4 is 9.84 Å². The highest BCUT2D eigenvalue weighted by atomic mass is 32.2. The summed E-state index contributed by atoms with van der Waals surface area (Å²) in [5, 5.41) is 3.23. The van der Waals surface area contributed by atoms with Crippen molar-refractivity contribution in [3.05, 3.63) is 35.6 Å². The fraction of sp³-hybridized carbons (Fsp3) is 0.600. The van der Waals surface area contributed by atoms with E-state index >= 15 is 0 Å². The number of halogens is 1. The van der Waals surface area contributed by atoms with Gasteiger partial charge in [0.25, 0.3) is 0 Å². The summed E-state index contributed by atoms with van der Waals surface area (Å²) >= 11 is 0. The number of hydrogen-bond donors (Lipinski definition) is 1. The highest BCUT2D eigenvalue weighted by Crippen LogP contribution is 2.16. The van der Waals surface area contributed by atoms with Gasteiger partial charge in [-0.3, -0.25) is 0 Å². The molecule has 5 heteroatoms. The van der Waals surface area contributed by atoms with E-state index in [4.69, 9.17) is 0 Å². The monoisotopic (exact) mass is 301 g/mol. The predicted molar refractivity (Wildman–Crippen MR) is 81.1 cm³/mol. The number of sulfone groups is 1. The molecular weight excluding hydrogens is 277 g/mol. The largest absolute Gasteiger partial charge is 0.317 e. The molecule has 0 fully saturated rings. The third kappa shape index (κ3) is 6.01. The van der Waals surface area contributed by atoms with E-state index in [0.717, 1.165) is 6.54 Å². The van der Waals surface area contributed by atoms with E-state index in [9.17, 15) is 12.8 Å². The number of rotatable bonds is 9. The van der Waals surface area contributed by atoms with E-state index in [1.165, 1.54) is 6.07 Å². The lowest BCUT2D eigenvalue weighted by Crippen LogP contribution is -2.26. The van der Waals surface area contributed by atoms with E-state index in [1.807, 2.05) is 13.0 Å². The minimum atomic E-state index is -2.96. The number of hydrogen-bond acceptors (Lipinski definition) is 3. The molecule has 0 heterocycles. The molecule has 0 saturated carbocycles. The summed E-state index contributed by atoms with van der Waals surface area (Å²) in [7, 11) is -2.96. The molecule has 20 heavy (non-hydrogen) atoms. The molecule has 1 N–H and O–H groups in total. The molecule has 114 valence electrons. The van der Waals surface area contributed by atoms with Crippen molar-refractivity contribution in [3.63, 3.8) is 0 Å². The quantitative estimate of drug-likeness (QED) is 0.762. The van der Waals surface area contributed by atoms with Gasteiger partial charge >= 0.3 is 0 Å². The molecule has 0 saturated heterocycles. The first kappa shape index (κ1) is 17.1. The number of benzene rings is 1. The highest BCUT2D eigenvalue weighted by Gasteiger charge is 2.16. The molecular formula is C15H24FNO2S. The van der Waals surface area contributed by atoms with Crippen molar-refractivity contribution in [1.29, 1.82) is 0 Å². The van der Waals surface area contributed by atoms with Gasteiger partial charge in [-0.25, -0.2) is 12.8 Å². The van der Waals surface area contributed by atoms with Gasteiger partial charge in [0.05, 0.1) is 5.75 Å². The van der Waals surface area contributed by atoms with Gasteiger partial charge in [-0.1, -0.05) is 32.0 Å². The van der Waals surface area contributed by atoms with Crippen LogP contribution >= 0.6 is 0 Å². The SMILES string of the molecule is CCNCC(CCS(=O)(=O)CC)Cc1ccccc1F. The molecule has 0 aromatic heterocycles. The maximum Gasteiger partial charge on any atom is 0.150 e. The van der Waals surface area contributed by atoms with Crippen LogP contribution in [0.5, 0.6) is 0 Å². The third-order valence-electron chi connectivity index (χ3n) is 3.43. The Balaban J connectivity index is 2.67. The van der Waals surface area contributed by atoms with Crippen LogP contribution in [-0.2, 0) is 16.3 Å². The molecule has 1 aromatic carbocycles. The molecule has 0 amide bonds. The minimum Gasteiger partial charge on any atom is -0.317 e. The molecule has 1 unspecified atom stereocenters. The Morgan fingerprint density at radius 3 is 2.55 bits per heavy atom. The summed E-state index contributed by atoms with van der Waals surface area (Å²) in [6.07, 6.45) is 1.14. The van der Waals surface area contributed by atoms with Crippen LogP contribution in [0, 0.1) is 11.7 Å². The first-order valence-corrected chi connectivity index (χ1v) is 8.95. The Morgan fingerprint density at radius 2 is 1.95 bits per heavy atom. The Labute approximate surface area is 121 Å². The number of nitrogens with one attached hydrogen (secondary N) is 1. The van der Waals surface area contributed by atoms with Gasteiger partial charge in [-0.15, -0.1) is 0 Å². The molecule has 0 aliphatic carbocycles. The van der Waals surface area contributed by atoms with Crippen LogP contribution in [0.2, 0.25) is 0 Å². The van der Waals surface area contributed by atoms with Crippen molar-refractivity contribution in [2.45, 2.75) is 26.7 Å². The second kappa shape index (κ2) is 8.37. The van der Waals surface area contributed by atoms with Crippen LogP contribution in [0.15, 0.2) is 24.3 Å². The lowest BCUT2D eigenvalue weighted by atomic mass is 9.96. The molecule has 0 aliphatic heterocycles. The zero-order valence-electron chi connectivity index (χ0n) is 12.2. The second-order valence-electron chi connectivity index (χ2n) is 4.99. The Hall–Kier alpha value is -0.940. The van der Waals surface area contributed by atoms with Gasteiger partial charge in [0.15, 0.2) is 0 Å². The van der Waals surface area contributed by atoms with Gasteiger partial charge in [-0.05, 0) is 43.5 Å². The lowest BCUT2D eigenvalue weighted by Gasteiger charge is -2.17. The Bertz CT molecular complexity index is 502. The average molecular weight is 301 g/mol. The van der Waals surface area contributed by atoms with Gasteiger partial charge < -0.3 is 5.32 Å². The van der Waals surface area contributed by atoms with Crippen LogP contribution in [0.4, 0.5) is 4.39 Å². The van der Waals surface area contributed by atoms with Gasteiger partial charge in [0.2, 0.25) is 0 Å². The van der Waals surface area contributed by atoms with Gasteiger partial charge in [0, 0.05) is 5.75 Å². The maximum atomic E-state index is 13.7. The van der Waals surface area contributed by atoms with Crippen LogP contribution in [-0.4, -0.2) is 33.0 Å². The Kier molecular flexibility index (Phi) is 7.16. The first-order chi connectivity index (χ1) is 9.48. The van der Waals surface area contributed by atoms with E-state index < -0.39 is 9.84 Å². The molecule has 1 aromatic rings. The molecule has 0 aliphatic rings. The molecule has 0 radical (unpaired) electrons. The molecule has 1 atom stereocenters. The van der Waals surface area contributed by atoms with Crippen LogP contribution in [0.25, 0.3) is 0 Å². The fourth-order valence-electron chi connectivity index (χ4n) is 2.09. The van der Waals surface area contributed by atoms with Gasteiger partial charge in [0.1, 0.15) is 15.7 Å². The van der Waals surface area contributed by atoms with Crippen molar-refractivity contribution in [2.24, 2.45) is 5.92 Å². The normalized spacial score (nSPS) is 13.3. The van der Waals surface area contributed by atoms with Crippen molar-refractivity contribution < 1.29 is 12.8 Å². The van der Waals surface area contributed by atoms with Crippen molar-refractivity contribution in [2.75, 3.05) is 24.6 Å². The fourth-order valence-corrected chi connectivity index (χ4v) is 3.07. The van der Waals surface area contributed by atoms with Gasteiger partial charge in [-0.2, -0.15) is 0 Å². The smallest absolute Gasteiger partial charge is 0.150 e. The lowest BCUT2D eigenvalue weighted by molar-refractivity contribution is 0.455. The summed E-state index contributed by atoms with van der Waals surface area (Å²) in [6.45, 7) is 5.20. The van der Waals surface area contributed by atoms with Crippen LogP contribution in [0.3, 0.4) is 0 Å². The maximum absolute atomic E-state index is 13.7. The molecule has 1 rings (SSSR count). The second-order valence-corrected chi connectivity index (χ2v) is 7.47. The van der Waals surface area contributed by atoms with Crippen LogP contribution < -0.4 is 5.32 Å². The van der Waals surface area contributed by atoms with E-state index in [1.54, 1.807) is 19.1 Å².